The minimum absolute atomic E-state index is 0.286. The van der Waals surface area contributed by atoms with Crippen molar-refractivity contribution in [2.45, 2.75) is 0 Å². The van der Waals surface area contributed by atoms with E-state index in [1.807, 2.05) is 6.07 Å². The summed E-state index contributed by atoms with van der Waals surface area (Å²) in [6.07, 6.45) is 0. The second-order valence-electron chi connectivity index (χ2n) is 3.59. The van der Waals surface area contributed by atoms with E-state index in [1.54, 1.807) is 18.2 Å². The monoisotopic (exact) mass is 371 g/mol. The molecule has 0 unspecified atom stereocenters. The predicted molar refractivity (Wildman–Crippen MR) is 76.2 cm³/mol. The van der Waals surface area contributed by atoms with E-state index >= 15 is 0 Å². The highest BCUT2D eigenvalue weighted by atomic mass is 79.9. The number of hydrogen-bond acceptors (Lipinski definition) is 1. The van der Waals surface area contributed by atoms with E-state index in [1.165, 1.54) is 18.2 Å². The van der Waals surface area contributed by atoms with Gasteiger partial charge >= 0.3 is 0 Å². The highest BCUT2D eigenvalue weighted by Crippen LogP contribution is 2.26. The average molecular weight is 373 g/mol. The van der Waals surface area contributed by atoms with E-state index in [0.29, 0.717) is 5.69 Å². The molecule has 0 heterocycles. The molecule has 18 heavy (non-hydrogen) atoms. The van der Waals surface area contributed by atoms with Crippen molar-refractivity contribution in [2.75, 3.05) is 5.32 Å². The fourth-order valence-electron chi connectivity index (χ4n) is 1.41. The fraction of sp³-hybridized carbons (Fsp3) is 0. The molecule has 2 nitrogen and oxygen atoms in total. The van der Waals surface area contributed by atoms with Gasteiger partial charge in [-0.15, -0.1) is 0 Å². The van der Waals surface area contributed by atoms with Crippen molar-refractivity contribution in [1.82, 2.24) is 0 Å². The van der Waals surface area contributed by atoms with E-state index in [9.17, 15) is 9.18 Å². The lowest BCUT2D eigenvalue weighted by atomic mass is 10.2. The van der Waals surface area contributed by atoms with Crippen LogP contribution in [0.3, 0.4) is 0 Å². The first kappa shape index (κ1) is 13.2. The maximum absolute atomic E-state index is 13.0. The summed E-state index contributed by atoms with van der Waals surface area (Å²) in [6, 6.07) is 10.9. The normalized spacial score (nSPS) is 10.2. The Labute approximate surface area is 120 Å². The van der Waals surface area contributed by atoms with Crippen LogP contribution >= 0.6 is 31.9 Å². The number of rotatable bonds is 2. The molecular weight excluding hydrogens is 365 g/mol. The van der Waals surface area contributed by atoms with E-state index in [-0.39, 0.29) is 11.5 Å². The summed E-state index contributed by atoms with van der Waals surface area (Å²) in [5.74, 6) is -0.775. The molecule has 0 saturated heterocycles. The molecule has 0 aromatic heterocycles. The molecule has 1 amide bonds. The third-order valence-electron chi connectivity index (χ3n) is 2.26. The number of carbonyl (C=O) groups excluding carboxylic acids is 1. The Morgan fingerprint density at radius 2 is 1.83 bits per heavy atom. The summed E-state index contributed by atoms with van der Waals surface area (Å²) in [4.78, 5) is 11.9. The van der Waals surface area contributed by atoms with Crippen LogP contribution in [-0.2, 0) is 0 Å². The third kappa shape index (κ3) is 3.17. The zero-order valence-electron chi connectivity index (χ0n) is 9.08. The van der Waals surface area contributed by atoms with Gasteiger partial charge in [-0.3, -0.25) is 4.79 Å². The Balaban J connectivity index is 2.18. The standard InChI is InChI=1S/C13H8Br2FNO/c14-11-5-4-10(7-12(11)15)17-13(18)8-2-1-3-9(16)6-8/h1-7H,(H,17,18). The first-order valence-electron chi connectivity index (χ1n) is 5.08. The topological polar surface area (TPSA) is 29.1 Å². The van der Waals surface area contributed by atoms with Crippen molar-refractivity contribution in [3.63, 3.8) is 0 Å². The van der Waals surface area contributed by atoms with E-state index in [4.69, 9.17) is 0 Å². The molecule has 0 fully saturated rings. The zero-order chi connectivity index (χ0) is 13.1. The summed E-state index contributed by atoms with van der Waals surface area (Å²) in [5, 5.41) is 2.70. The molecule has 0 radical (unpaired) electrons. The molecule has 92 valence electrons. The van der Waals surface area contributed by atoms with Gasteiger partial charge in [0.2, 0.25) is 0 Å². The van der Waals surface area contributed by atoms with Crippen LogP contribution in [0.2, 0.25) is 0 Å². The lowest BCUT2D eigenvalue weighted by Gasteiger charge is -2.06. The third-order valence-corrected chi connectivity index (χ3v) is 4.14. The summed E-state index contributed by atoms with van der Waals surface area (Å²) in [7, 11) is 0. The number of benzene rings is 2. The van der Waals surface area contributed by atoms with Gasteiger partial charge in [0, 0.05) is 20.2 Å². The summed E-state index contributed by atoms with van der Waals surface area (Å²) >= 11 is 6.69. The highest BCUT2D eigenvalue weighted by Gasteiger charge is 2.07. The molecule has 2 aromatic rings. The summed E-state index contributed by atoms with van der Waals surface area (Å²) in [5.41, 5.74) is 0.924. The summed E-state index contributed by atoms with van der Waals surface area (Å²) in [6.45, 7) is 0. The van der Waals surface area contributed by atoms with Gasteiger partial charge < -0.3 is 5.32 Å². The molecule has 0 saturated carbocycles. The van der Waals surface area contributed by atoms with E-state index < -0.39 is 5.82 Å². The van der Waals surface area contributed by atoms with Gasteiger partial charge in [-0.05, 0) is 68.3 Å². The van der Waals surface area contributed by atoms with Crippen LogP contribution in [0.1, 0.15) is 10.4 Å². The maximum Gasteiger partial charge on any atom is 0.255 e. The van der Waals surface area contributed by atoms with Gasteiger partial charge in [0.1, 0.15) is 5.82 Å². The minimum atomic E-state index is -0.431. The van der Waals surface area contributed by atoms with Crippen LogP contribution in [0.4, 0.5) is 10.1 Å². The molecule has 0 aliphatic carbocycles. The lowest BCUT2D eigenvalue weighted by Crippen LogP contribution is -2.11. The number of halogens is 3. The SMILES string of the molecule is O=C(Nc1ccc(Br)c(Br)c1)c1cccc(F)c1. The van der Waals surface area contributed by atoms with Crippen molar-refractivity contribution in [1.29, 1.82) is 0 Å². The van der Waals surface area contributed by atoms with Crippen LogP contribution in [0.25, 0.3) is 0 Å². The van der Waals surface area contributed by atoms with Crippen LogP contribution < -0.4 is 5.32 Å². The Morgan fingerprint density at radius 1 is 1.06 bits per heavy atom. The highest BCUT2D eigenvalue weighted by molar-refractivity contribution is 9.13. The zero-order valence-corrected chi connectivity index (χ0v) is 12.3. The quantitative estimate of drug-likeness (QED) is 0.819. The molecule has 0 spiro atoms. The molecule has 0 aliphatic heterocycles. The number of nitrogens with one attached hydrogen (secondary N) is 1. The van der Waals surface area contributed by atoms with Crippen molar-refractivity contribution in [2.24, 2.45) is 0 Å². The smallest absolute Gasteiger partial charge is 0.255 e. The molecule has 0 aliphatic rings. The molecule has 0 bridgehead atoms. The average Bonchev–Trinajstić information content (AvgIpc) is 2.34. The van der Waals surface area contributed by atoms with Gasteiger partial charge in [0.15, 0.2) is 0 Å². The Bertz CT molecular complexity index is 601. The van der Waals surface area contributed by atoms with Gasteiger partial charge in [0.05, 0.1) is 0 Å². The van der Waals surface area contributed by atoms with E-state index in [2.05, 4.69) is 37.2 Å². The van der Waals surface area contributed by atoms with Crippen LogP contribution in [-0.4, -0.2) is 5.91 Å². The number of hydrogen-bond donors (Lipinski definition) is 1. The molecule has 1 N–H and O–H groups in total. The van der Waals surface area contributed by atoms with E-state index in [0.717, 1.165) is 8.95 Å². The van der Waals surface area contributed by atoms with Crippen LogP contribution in [0.15, 0.2) is 51.4 Å². The van der Waals surface area contributed by atoms with Crippen LogP contribution in [0, 0.1) is 5.82 Å². The minimum Gasteiger partial charge on any atom is -0.322 e. The van der Waals surface area contributed by atoms with Crippen molar-refractivity contribution in [3.05, 3.63) is 62.8 Å². The van der Waals surface area contributed by atoms with Gasteiger partial charge in [-0.2, -0.15) is 0 Å². The van der Waals surface area contributed by atoms with Gasteiger partial charge in [-0.1, -0.05) is 6.07 Å². The van der Waals surface area contributed by atoms with Crippen molar-refractivity contribution >= 4 is 43.5 Å². The first-order chi connectivity index (χ1) is 8.56. The first-order valence-corrected chi connectivity index (χ1v) is 6.67. The second kappa shape index (κ2) is 5.63. The second-order valence-corrected chi connectivity index (χ2v) is 5.30. The van der Waals surface area contributed by atoms with Gasteiger partial charge in [0.25, 0.3) is 5.91 Å². The molecular formula is C13H8Br2FNO. The lowest BCUT2D eigenvalue weighted by molar-refractivity contribution is 0.102. The van der Waals surface area contributed by atoms with Gasteiger partial charge in [-0.25, -0.2) is 4.39 Å². The van der Waals surface area contributed by atoms with Crippen LogP contribution in [0.5, 0.6) is 0 Å². The Hall–Kier alpha value is -1.20. The molecule has 2 rings (SSSR count). The Morgan fingerprint density at radius 3 is 2.50 bits per heavy atom. The molecule has 0 atom stereocenters. The number of carbonyl (C=O) groups is 1. The number of amides is 1. The van der Waals surface area contributed by atoms with Crippen molar-refractivity contribution < 1.29 is 9.18 Å². The fourth-order valence-corrected chi connectivity index (χ4v) is 2.03. The number of anilines is 1. The van der Waals surface area contributed by atoms with Crippen molar-refractivity contribution in [3.8, 4) is 0 Å². The predicted octanol–water partition coefficient (Wildman–Crippen LogP) is 4.60. The molecule has 5 heteroatoms. The molecule has 2 aromatic carbocycles. The summed E-state index contributed by atoms with van der Waals surface area (Å²) < 4.78 is 14.7. The maximum atomic E-state index is 13.0. The largest absolute Gasteiger partial charge is 0.322 e. The Kier molecular flexibility index (Phi) is 4.14.